The molecule has 0 saturated carbocycles. The van der Waals surface area contributed by atoms with Gasteiger partial charge in [0.25, 0.3) is 0 Å². The molecule has 4 heteroatoms. The maximum atomic E-state index is 12.4. The van der Waals surface area contributed by atoms with Gasteiger partial charge in [0, 0.05) is 36.8 Å². The Labute approximate surface area is 196 Å². The summed E-state index contributed by atoms with van der Waals surface area (Å²) in [5.74, 6) is 1.75. The van der Waals surface area contributed by atoms with Gasteiger partial charge in [0.05, 0.1) is 5.69 Å². The number of aryl methyl sites for hydroxylation is 3. The number of allylic oxidation sites excluding steroid dienone is 1. The van der Waals surface area contributed by atoms with Crippen LogP contribution in [0.1, 0.15) is 49.1 Å². The second-order valence-corrected chi connectivity index (χ2v) is 9.66. The minimum Gasteiger partial charge on any atom is -0.352 e. The van der Waals surface area contributed by atoms with Crippen molar-refractivity contribution in [2.24, 2.45) is 5.92 Å². The third-order valence-corrected chi connectivity index (χ3v) is 7.25. The summed E-state index contributed by atoms with van der Waals surface area (Å²) in [7, 11) is 0. The van der Waals surface area contributed by atoms with Crippen LogP contribution in [0.5, 0.6) is 0 Å². The first-order chi connectivity index (χ1) is 16.1. The number of rotatable bonds is 5. The highest BCUT2D eigenvalue weighted by Crippen LogP contribution is 2.28. The van der Waals surface area contributed by atoms with Crippen LogP contribution in [0.4, 0.5) is 0 Å². The average molecular weight is 440 g/mol. The van der Waals surface area contributed by atoms with Crippen LogP contribution in [0.25, 0.3) is 22.4 Å². The van der Waals surface area contributed by atoms with Gasteiger partial charge >= 0.3 is 0 Å². The third kappa shape index (κ3) is 4.80. The molecule has 1 N–H and O–H groups in total. The first kappa shape index (κ1) is 21.7. The van der Waals surface area contributed by atoms with E-state index < -0.39 is 0 Å². The number of fused-ring (bicyclic) bond motifs is 1. The summed E-state index contributed by atoms with van der Waals surface area (Å²) in [5, 5.41) is 3.18. The first-order valence-electron chi connectivity index (χ1n) is 12.3. The fourth-order valence-corrected chi connectivity index (χ4v) is 4.97. The number of amides is 1. The molecule has 170 valence electrons. The van der Waals surface area contributed by atoms with E-state index >= 15 is 0 Å². The van der Waals surface area contributed by atoms with E-state index in [-0.39, 0.29) is 5.91 Å². The lowest BCUT2D eigenvalue weighted by Gasteiger charge is -2.24. The van der Waals surface area contributed by atoms with Gasteiger partial charge in [-0.05, 0) is 74.1 Å². The fourth-order valence-electron chi connectivity index (χ4n) is 4.97. The maximum Gasteiger partial charge on any atom is 0.246 e. The third-order valence-electron chi connectivity index (χ3n) is 7.25. The number of hydrogen-bond acceptors (Lipinski definition) is 2. The van der Waals surface area contributed by atoms with E-state index in [1.807, 2.05) is 0 Å². The van der Waals surface area contributed by atoms with Gasteiger partial charge in [0.1, 0.15) is 5.82 Å². The van der Waals surface area contributed by atoms with Gasteiger partial charge in [-0.2, -0.15) is 0 Å². The van der Waals surface area contributed by atoms with Crippen LogP contribution >= 0.6 is 0 Å². The van der Waals surface area contributed by atoms with E-state index in [0.717, 1.165) is 67.8 Å². The molecule has 4 nitrogen and oxygen atoms in total. The molecule has 1 aromatic heterocycles. The molecule has 1 aliphatic heterocycles. The van der Waals surface area contributed by atoms with Crippen molar-refractivity contribution in [2.75, 3.05) is 6.54 Å². The number of carbonyl (C=O) groups excluding carboxylic acids is 1. The zero-order valence-corrected chi connectivity index (χ0v) is 19.7. The van der Waals surface area contributed by atoms with Crippen LogP contribution in [0, 0.1) is 19.8 Å². The quantitative estimate of drug-likeness (QED) is 0.529. The molecule has 2 aromatic carbocycles. The van der Waals surface area contributed by atoms with E-state index in [4.69, 9.17) is 4.98 Å². The second kappa shape index (κ2) is 9.38. The number of benzene rings is 2. The highest BCUT2D eigenvalue weighted by molar-refractivity contribution is 5.93. The summed E-state index contributed by atoms with van der Waals surface area (Å²) < 4.78 is 2.28. The molecule has 5 rings (SSSR count). The van der Waals surface area contributed by atoms with Crippen LogP contribution in [-0.2, 0) is 17.8 Å². The van der Waals surface area contributed by atoms with Gasteiger partial charge in [0.15, 0.2) is 0 Å². The largest absolute Gasteiger partial charge is 0.352 e. The summed E-state index contributed by atoms with van der Waals surface area (Å²) in [6.07, 6.45) is 10.6. The van der Waals surface area contributed by atoms with Crippen molar-refractivity contribution in [3.8, 4) is 22.4 Å². The Morgan fingerprint density at radius 3 is 2.55 bits per heavy atom. The van der Waals surface area contributed by atoms with Crippen LogP contribution in [0.15, 0.2) is 60.3 Å². The standard InChI is InChI=1S/C29H33N3O/c1-20-8-10-26(16-21(20)2)23-11-13-24(14-12-23)27-19-32-18-22(9-15-28(32)31-27)17-30-29(33)25-6-4-3-5-7-25/h6,8,10-14,16,19,22H,3-5,7,9,15,17-18H2,1-2H3,(H,30,33). The molecule has 2 heterocycles. The molecular formula is C29H33N3O. The summed E-state index contributed by atoms with van der Waals surface area (Å²) in [6, 6.07) is 15.4. The van der Waals surface area contributed by atoms with Crippen molar-refractivity contribution in [1.82, 2.24) is 14.9 Å². The van der Waals surface area contributed by atoms with E-state index in [1.165, 1.54) is 28.7 Å². The average Bonchev–Trinajstić information content (AvgIpc) is 3.28. The zero-order valence-electron chi connectivity index (χ0n) is 19.7. The minimum atomic E-state index is 0.135. The van der Waals surface area contributed by atoms with Crippen molar-refractivity contribution in [3.05, 3.63) is 77.3 Å². The predicted molar refractivity (Wildman–Crippen MR) is 134 cm³/mol. The van der Waals surface area contributed by atoms with E-state index in [1.54, 1.807) is 0 Å². The van der Waals surface area contributed by atoms with Crippen LogP contribution in [0.3, 0.4) is 0 Å². The number of nitrogens with zero attached hydrogens (tertiary/aromatic N) is 2. The van der Waals surface area contributed by atoms with Crippen LogP contribution < -0.4 is 5.32 Å². The molecule has 0 fully saturated rings. The first-order valence-corrected chi connectivity index (χ1v) is 12.3. The predicted octanol–water partition coefficient (Wildman–Crippen LogP) is 6.01. The summed E-state index contributed by atoms with van der Waals surface area (Å²) >= 11 is 0. The molecule has 1 atom stereocenters. The Bertz CT molecular complexity index is 1190. The molecule has 1 amide bonds. The highest BCUT2D eigenvalue weighted by Gasteiger charge is 2.22. The molecule has 2 aliphatic rings. The molecule has 0 bridgehead atoms. The maximum absolute atomic E-state index is 12.4. The molecule has 0 spiro atoms. The van der Waals surface area contributed by atoms with Crippen molar-refractivity contribution in [2.45, 2.75) is 58.9 Å². The lowest BCUT2D eigenvalue weighted by atomic mass is 9.97. The van der Waals surface area contributed by atoms with Crippen LogP contribution in [-0.4, -0.2) is 22.0 Å². The number of nitrogens with one attached hydrogen (secondary N) is 1. The van der Waals surface area contributed by atoms with E-state index in [2.05, 4.69) is 78.5 Å². The number of aromatic nitrogens is 2. The number of imidazole rings is 1. The van der Waals surface area contributed by atoms with E-state index in [9.17, 15) is 4.79 Å². The normalized spacial score (nSPS) is 17.9. The van der Waals surface area contributed by atoms with Gasteiger partial charge in [-0.1, -0.05) is 48.5 Å². The summed E-state index contributed by atoms with van der Waals surface area (Å²) in [4.78, 5) is 17.4. The number of carbonyl (C=O) groups is 1. The fraction of sp³-hybridized carbons (Fsp3) is 0.379. The Hall–Kier alpha value is -3.14. The lowest BCUT2D eigenvalue weighted by Crippen LogP contribution is -2.34. The minimum absolute atomic E-state index is 0.135. The smallest absolute Gasteiger partial charge is 0.246 e. The Balaban J connectivity index is 1.23. The molecule has 1 unspecified atom stereocenters. The summed E-state index contributed by atoms with van der Waals surface area (Å²) in [6.45, 7) is 5.97. The lowest BCUT2D eigenvalue weighted by molar-refractivity contribution is -0.117. The van der Waals surface area contributed by atoms with Crippen LogP contribution in [0.2, 0.25) is 0 Å². The molecule has 3 aromatic rings. The monoisotopic (exact) mass is 439 g/mol. The molecule has 1 aliphatic carbocycles. The van der Waals surface area contributed by atoms with Crippen molar-refractivity contribution >= 4 is 5.91 Å². The van der Waals surface area contributed by atoms with Gasteiger partial charge in [-0.25, -0.2) is 4.98 Å². The highest BCUT2D eigenvalue weighted by atomic mass is 16.1. The van der Waals surface area contributed by atoms with Gasteiger partial charge in [-0.15, -0.1) is 0 Å². The van der Waals surface area contributed by atoms with Crippen molar-refractivity contribution in [1.29, 1.82) is 0 Å². The molecule has 0 radical (unpaired) electrons. The Kier molecular flexibility index (Phi) is 6.17. The topological polar surface area (TPSA) is 46.9 Å². The second-order valence-electron chi connectivity index (χ2n) is 9.66. The van der Waals surface area contributed by atoms with Gasteiger partial charge in [-0.3, -0.25) is 4.79 Å². The summed E-state index contributed by atoms with van der Waals surface area (Å²) in [5.41, 5.74) is 8.29. The van der Waals surface area contributed by atoms with Crippen molar-refractivity contribution in [3.63, 3.8) is 0 Å². The SMILES string of the molecule is Cc1ccc(-c2ccc(-c3cn4c(n3)CCC(CNC(=O)C3=CCCCC3)C4)cc2)cc1C. The molecule has 0 saturated heterocycles. The van der Waals surface area contributed by atoms with Gasteiger partial charge < -0.3 is 9.88 Å². The molecular weight excluding hydrogens is 406 g/mol. The Morgan fingerprint density at radius 2 is 1.79 bits per heavy atom. The zero-order chi connectivity index (χ0) is 22.8. The van der Waals surface area contributed by atoms with Gasteiger partial charge in [0.2, 0.25) is 5.91 Å². The van der Waals surface area contributed by atoms with Crippen molar-refractivity contribution < 1.29 is 4.79 Å². The molecule has 33 heavy (non-hydrogen) atoms. The number of hydrogen-bond donors (Lipinski definition) is 1. The van der Waals surface area contributed by atoms with E-state index in [0.29, 0.717) is 5.92 Å². The Morgan fingerprint density at radius 1 is 1.00 bits per heavy atom.